The van der Waals surface area contributed by atoms with Crippen molar-refractivity contribution in [1.82, 2.24) is 4.57 Å². The van der Waals surface area contributed by atoms with Crippen LogP contribution in [0.15, 0.2) is 35.3 Å². The molecule has 0 fully saturated rings. The Labute approximate surface area is 95.5 Å². The molecular weight excluding hydrogens is 198 g/mol. The van der Waals surface area contributed by atoms with Gasteiger partial charge in [-0.3, -0.25) is 4.79 Å². The van der Waals surface area contributed by atoms with E-state index in [0.717, 1.165) is 17.3 Å². The summed E-state index contributed by atoms with van der Waals surface area (Å²) < 4.78 is 1.74. The molecule has 16 heavy (non-hydrogen) atoms. The van der Waals surface area contributed by atoms with Crippen LogP contribution in [0.1, 0.15) is 32.3 Å². The van der Waals surface area contributed by atoms with E-state index in [0.29, 0.717) is 5.92 Å². The SMILES string of the molecule is CCn1ccc2c(C(C)C)cccc2c1=O. The minimum atomic E-state index is 0.113. The van der Waals surface area contributed by atoms with Gasteiger partial charge in [0.05, 0.1) is 0 Å². The number of hydrogen-bond acceptors (Lipinski definition) is 1. The molecule has 84 valence electrons. The molecule has 0 saturated carbocycles. The first-order valence-corrected chi connectivity index (χ1v) is 5.77. The molecule has 0 spiro atoms. The van der Waals surface area contributed by atoms with Crippen LogP contribution in [-0.4, -0.2) is 4.57 Å². The van der Waals surface area contributed by atoms with E-state index < -0.39 is 0 Å². The molecular formula is C14H17NO. The summed E-state index contributed by atoms with van der Waals surface area (Å²) in [6.07, 6.45) is 1.89. The van der Waals surface area contributed by atoms with Crippen molar-refractivity contribution < 1.29 is 0 Å². The highest BCUT2D eigenvalue weighted by Crippen LogP contribution is 2.22. The third kappa shape index (κ3) is 1.64. The lowest BCUT2D eigenvalue weighted by Crippen LogP contribution is -2.18. The zero-order chi connectivity index (χ0) is 11.7. The highest BCUT2D eigenvalue weighted by molar-refractivity contribution is 5.85. The second-order valence-corrected chi connectivity index (χ2v) is 4.37. The quantitative estimate of drug-likeness (QED) is 0.754. The highest BCUT2D eigenvalue weighted by atomic mass is 16.1. The first-order chi connectivity index (χ1) is 7.65. The van der Waals surface area contributed by atoms with E-state index in [-0.39, 0.29) is 5.56 Å². The van der Waals surface area contributed by atoms with Crippen LogP contribution in [0.3, 0.4) is 0 Å². The Morgan fingerprint density at radius 1 is 1.19 bits per heavy atom. The third-order valence-electron chi connectivity index (χ3n) is 3.01. The normalized spacial score (nSPS) is 11.2. The van der Waals surface area contributed by atoms with Gasteiger partial charge in [0.15, 0.2) is 0 Å². The van der Waals surface area contributed by atoms with Gasteiger partial charge in [-0.2, -0.15) is 0 Å². The van der Waals surface area contributed by atoms with E-state index in [1.807, 2.05) is 25.3 Å². The zero-order valence-corrected chi connectivity index (χ0v) is 10.0. The molecule has 0 amide bonds. The van der Waals surface area contributed by atoms with Crippen molar-refractivity contribution in [3.8, 4) is 0 Å². The topological polar surface area (TPSA) is 22.0 Å². The van der Waals surface area contributed by atoms with E-state index in [1.165, 1.54) is 5.56 Å². The van der Waals surface area contributed by atoms with Gasteiger partial charge in [0.25, 0.3) is 5.56 Å². The van der Waals surface area contributed by atoms with Gasteiger partial charge in [-0.05, 0) is 35.9 Å². The molecule has 1 aromatic heterocycles. The molecule has 0 saturated heterocycles. The molecule has 0 aliphatic heterocycles. The molecule has 0 atom stereocenters. The van der Waals surface area contributed by atoms with Gasteiger partial charge in [0.2, 0.25) is 0 Å². The maximum Gasteiger partial charge on any atom is 0.258 e. The fraction of sp³-hybridized carbons (Fsp3) is 0.357. The Bertz CT molecular complexity index is 566. The summed E-state index contributed by atoms with van der Waals surface area (Å²) in [6.45, 7) is 7.01. The lowest BCUT2D eigenvalue weighted by Gasteiger charge is -2.11. The number of aryl methyl sites for hydroxylation is 1. The first-order valence-electron chi connectivity index (χ1n) is 5.77. The molecule has 1 heterocycles. The van der Waals surface area contributed by atoms with Crippen LogP contribution in [0.4, 0.5) is 0 Å². The Morgan fingerprint density at radius 2 is 1.94 bits per heavy atom. The fourth-order valence-electron chi connectivity index (χ4n) is 2.09. The monoisotopic (exact) mass is 215 g/mol. The van der Waals surface area contributed by atoms with Crippen molar-refractivity contribution in [3.05, 3.63) is 46.4 Å². The van der Waals surface area contributed by atoms with Crippen molar-refractivity contribution in [2.45, 2.75) is 33.2 Å². The molecule has 2 nitrogen and oxygen atoms in total. The van der Waals surface area contributed by atoms with Crippen molar-refractivity contribution in [1.29, 1.82) is 0 Å². The lowest BCUT2D eigenvalue weighted by molar-refractivity contribution is 0.734. The van der Waals surface area contributed by atoms with Gasteiger partial charge < -0.3 is 4.57 Å². The molecule has 2 aromatic rings. The molecule has 0 aliphatic rings. The maximum absolute atomic E-state index is 12.1. The van der Waals surface area contributed by atoms with E-state index in [2.05, 4.69) is 26.0 Å². The highest BCUT2D eigenvalue weighted by Gasteiger charge is 2.07. The van der Waals surface area contributed by atoms with Crippen molar-refractivity contribution in [2.24, 2.45) is 0 Å². The van der Waals surface area contributed by atoms with Gasteiger partial charge in [-0.15, -0.1) is 0 Å². The molecule has 2 rings (SSSR count). The van der Waals surface area contributed by atoms with Gasteiger partial charge in [-0.25, -0.2) is 0 Å². The number of rotatable bonds is 2. The first kappa shape index (κ1) is 10.9. The molecule has 0 bridgehead atoms. The number of fused-ring (bicyclic) bond motifs is 1. The largest absolute Gasteiger partial charge is 0.315 e. The van der Waals surface area contributed by atoms with Gasteiger partial charge in [0, 0.05) is 18.1 Å². The van der Waals surface area contributed by atoms with Crippen LogP contribution in [0.25, 0.3) is 10.8 Å². The Balaban J connectivity index is 2.83. The van der Waals surface area contributed by atoms with Crippen LogP contribution in [-0.2, 0) is 6.54 Å². The Morgan fingerprint density at radius 3 is 2.56 bits per heavy atom. The third-order valence-corrected chi connectivity index (χ3v) is 3.01. The molecule has 1 aromatic carbocycles. The average Bonchev–Trinajstić information content (AvgIpc) is 2.29. The molecule has 0 N–H and O–H groups in total. The van der Waals surface area contributed by atoms with E-state index in [9.17, 15) is 4.79 Å². The smallest absolute Gasteiger partial charge is 0.258 e. The fourth-order valence-corrected chi connectivity index (χ4v) is 2.09. The van der Waals surface area contributed by atoms with E-state index >= 15 is 0 Å². The summed E-state index contributed by atoms with van der Waals surface area (Å²) in [6, 6.07) is 8.03. The summed E-state index contributed by atoms with van der Waals surface area (Å²) >= 11 is 0. The van der Waals surface area contributed by atoms with Crippen molar-refractivity contribution in [3.63, 3.8) is 0 Å². The molecule has 0 aliphatic carbocycles. The van der Waals surface area contributed by atoms with Gasteiger partial charge in [0.1, 0.15) is 0 Å². The minimum absolute atomic E-state index is 0.113. The number of pyridine rings is 1. The van der Waals surface area contributed by atoms with Crippen LogP contribution >= 0.6 is 0 Å². The van der Waals surface area contributed by atoms with E-state index in [1.54, 1.807) is 4.57 Å². The molecule has 0 radical (unpaired) electrons. The number of benzene rings is 1. The number of aromatic nitrogens is 1. The van der Waals surface area contributed by atoms with Gasteiger partial charge in [-0.1, -0.05) is 26.0 Å². The maximum atomic E-state index is 12.1. The molecule has 2 heteroatoms. The van der Waals surface area contributed by atoms with Crippen LogP contribution in [0, 0.1) is 0 Å². The van der Waals surface area contributed by atoms with Crippen LogP contribution in [0.5, 0.6) is 0 Å². The van der Waals surface area contributed by atoms with Gasteiger partial charge >= 0.3 is 0 Å². The lowest BCUT2D eigenvalue weighted by atomic mass is 9.97. The van der Waals surface area contributed by atoms with E-state index in [4.69, 9.17) is 0 Å². The standard InChI is InChI=1S/C14H17NO/c1-4-15-9-8-12-11(10(2)3)6-5-7-13(12)14(15)16/h5-10H,4H2,1-3H3. The Kier molecular flexibility index (Phi) is 2.82. The minimum Gasteiger partial charge on any atom is -0.315 e. The molecule has 0 unspecified atom stereocenters. The number of nitrogens with zero attached hydrogens (tertiary/aromatic N) is 1. The summed E-state index contributed by atoms with van der Waals surface area (Å²) in [5.74, 6) is 0.445. The Hall–Kier alpha value is -1.57. The predicted octanol–water partition coefficient (Wildman–Crippen LogP) is 3.14. The predicted molar refractivity (Wildman–Crippen MR) is 68.0 cm³/mol. The summed E-state index contributed by atoms with van der Waals surface area (Å²) in [4.78, 5) is 12.1. The average molecular weight is 215 g/mol. The van der Waals surface area contributed by atoms with Crippen molar-refractivity contribution >= 4 is 10.8 Å². The summed E-state index contributed by atoms with van der Waals surface area (Å²) in [5.41, 5.74) is 1.36. The van der Waals surface area contributed by atoms with Crippen LogP contribution < -0.4 is 5.56 Å². The second kappa shape index (κ2) is 4.12. The zero-order valence-electron chi connectivity index (χ0n) is 10.0. The summed E-state index contributed by atoms with van der Waals surface area (Å²) in [7, 11) is 0. The number of hydrogen-bond donors (Lipinski definition) is 0. The van der Waals surface area contributed by atoms with Crippen molar-refractivity contribution in [2.75, 3.05) is 0 Å². The summed E-state index contributed by atoms with van der Waals surface area (Å²) in [5, 5.41) is 1.92. The second-order valence-electron chi connectivity index (χ2n) is 4.37. The van der Waals surface area contributed by atoms with Crippen LogP contribution in [0.2, 0.25) is 0 Å².